The molecule has 1 aliphatic heterocycles. The van der Waals surface area contributed by atoms with Crippen LogP contribution >= 0.6 is 43.5 Å². The Labute approximate surface area is 209 Å². The van der Waals surface area contributed by atoms with Gasteiger partial charge in [0.05, 0.1) is 25.4 Å². The van der Waals surface area contributed by atoms with E-state index in [0.29, 0.717) is 0 Å². The number of hydrogen-bond donors (Lipinski definition) is 0. The van der Waals surface area contributed by atoms with Crippen LogP contribution in [-0.2, 0) is 18.2 Å². The van der Waals surface area contributed by atoms with Crippen LogP contribution in [0.15, 0.2) is 66.7 Å². The van der Waals surface area contributed by atoms with Crippen molar-refractivity contribution in [2.75, 3.05) is 4.90 Å². The molecule has 2 amide bonds. The molecule has 1 fully saturated rings. The molecule has 0 aromatic heterocycles. The quantitative estimate of drug-likeness (QED) is 0.168. The van der Waals surface area contributed by atoms with E-state index in [4.69, 9.17) is 11.6 Å². The van der Waals surface area contributed by atoms with Crippen molar-refractivity contribution in [3.8, 4) is 0 Å². The molecule has 3 aromatic carbocycles. The van der Waals surface area contributed by atoms with Crippen molar-refractivity contribution in [1.82, 2.24) is 0 Å². The fourth-order valence-electron chi connectivity index (χ4n) is 5.74. The second kappa shape index (κ2) is 6.74. The van der Waals surface area contributed by atoms with E-state index >= 15 is 0 Å². The molecule has 33 heavy (non-hydrogen) atoms. The predicted octanol–water partition coefficient (Wildman–Crippen LogP) is 5.66. The van der Waals surface area contributed by atoms with Gasteiger partial charge in [0.15, 0.2) is 0 Å². The van der Waals surface area contributed by atoms with E-state index in [-0.39, 0.29) is 10.7 Å². The number of carbonyl (C=O) groups is 2. The molecule has 2 bridgehead atoms. The van der Waals surface area contributed by atoms with Crippen LogP contribution in [0.2, 0.25) is 5.02 Å². The Hall–Kier alpha value is -2.55. The van der Waals surface area contributed by atoms with E-state index < -0.39 is 42.9 Å². The van der Waals surface area contributed by atoms with Gasteiger partial charge in [-0.1, -0.05) is 92.0 Å². The Morgan fingerprint density at radius 3 is 1.64 bits per heavy atom. The van der Waals surface area contributed by atoms with Gasteiger partial charge in [0.2, 0.25) is 11.8 Å². The number of hydrogen-bond acceptors (Lipinski definition) is 4. The summed E-state index contributed by atoms with van der Waals surface area (Å²) in [4.78, 5) is 40.0. The molecular formula is C24H13Br2ClN2O4. The molecule has 1 saturated heterocycles. The maximum absolute atomic E-state index is 14.0. The van der Waals surface area contributed by atoms with Crippen LogP contribution < -0.4 is 4.90 Å². The van der Waals surface area contributed by atoms with E-state index in [0.717, 1.165) is 33.2 Å². The molecule has 6 nitrogen and oxygen atoms in total. The first-order valence-corrected chi connectivity index (χ1v) is 12.1. The molecule has 164 valence electrons. The zero-order chi connectivity index (χ0) is 23.3. The van der Waals surface area contributed by atoms with Gasteiger partial charge in [-0.05, 0) is 34.4 Å². The maximum Gasteiger partial charge on any atom is 0.294 e. The number of anilines is 1. The minimum absolute atomic E-state index is 0.0755. The Balaban J connectivity index is 1.65. The first-order valence-electron chi connectivity index (χ1n) is 10.1. The summed E-state index contributed by atoms with van der Waals surface area (Å²) in [5.74, 6) is -2.57. The van der Waals surface area contributed by atoms with Crippen LogP contribution in [0.5, 0.6) is 0 Å². The lowest BCUT2D eigenvalue weighted by Gasteiger charge is -2.55. The van der Waals surface area contributed by atoms with E-state index in [9.17, 15) is 19.7 Å². The van der Waals surface area contributed by atoms with Gasteiger partial charge >= 0.3 is 0 Å². The van der Waals surface area contributed by atoms with E-state index in [1.165, 1.54) is 12.1 Å². The van der Waals surface area contributed by atoms with Crippen LogP contribution in [0.1, 0.15) is 22.3 Å². The van der Waals surface area contributed by atoms with E-state index in [1.807, 2.05) is 48.5 Å². The molecule has 1 heterocycles. The number of carbonyl (C=O) groups excluding carboxylic acids is 2. The Morgan fingerprint density at radius 2 is 1.24 bits per heavy atom. The average Bonchev–Trinajstić information content (AvgIpc) is 3.08. The van der Waals surface area contributed by atoms with Gasteiger partial charge in [0.1, 0.15) is 5.69 Å². The number of nitro benzene ring substituents is 1. The molecule has 2 atom stereocenters. The fourth-order valence-corrected chi connectivity index (χ4v) is 8.21. The predicted molar refractivity (Wildman–Crippen MR) is 130 cm³/mol. The first-order chi connectivity index (χ1) is 15.7. The third-order valence-corrected chi connectivity index (χ3v) is 9.89. The highest BCUT2D eigenvalue weighted by molar-refractivity contribution is 9.10. The maximum atomic E-state index is 14.0. The lowest BCUT2D eigenvalue weighted by molar-refractivity contribution is -0.384. The highest BCUT2D eigenvalue weighted by atomic mass is 79.9. The third kappa shape index (κ3) is 2.39. The number of nitrogens with zero attached hydrogens (tertiary/aromatic N) is 2. The number of benzene rings is 3. The van der Waals surface area contributed by atoms with Gasteiger partial charge in [-0.3, -0.25) is 19.7 Å². The summed E-state index contributed by atoms with van der Waals surface area (Å²) in [5, 5.41) is 11.9. The summed E-state index contributed by atoms with van der Waals surface area (Å²) in [5.41, 5.74) is 3.13. The zero-order valence-electron chi connectivity index (χ0n) is 16.7. The fraction of sp³-hybridized carbons (Fsp3) is 0.167. The summed E-state index contributed by atoms with van der Waals surface area (Å²) >= 11 is 13.8. The van der Waals surface area contributed by atoms with Crippen molar-refractivity contribution in [3.63, 3.8) is 0 Å². The van der Waals surface area contributed by atoms with Gasteiger partial charge in [0, 0.05) is 11.1 Å². The van der Waals surface area contributed by atoms with Crippen molar-refractivity contribution in [1.29, 1.82) is 0 Å². The second-order valence-electron chi connectivity index (χ2n) is 8.37. The Kier molecular flexibility index (Phi) is 4.29. The van der Waals surface area contributed by atoms with Crippen LogP contribution in [0.4, 0.5) is 11.4 Å². The molecule has 4 aliphatic rings. The molecule has 9 heteroatoms. The zero-order valence-corrected chi connectivity index (χ0v) is 20.6. The molecule has 3 aromatic rings. The Bertz CT molecular complexity index is 1300. The molecule has 0 unspecified atom stereocenters. The minimum atomic E-state index is -0.955. The average molecular weight is 589 g/mol. The summed E-state index contributed by atoms with van der Waals surface area (Å²) < 4.78 is -1.91. The number of nitro groups is 1. The Morgan fingerprint density at radius 1 is 0.818 bits per heavy atom. The lowest BCUT2D eigenvalue weighted by atomic mass is 9.54. The van der Waals surface area contributed by atoms with Crippen LogP contribution in [-0.4, -0.2) is 16.7 Å². The van der Waals surface area contributed by atoms with Gasteiger partial charge in [0.25, 0.3) is 5.69 Å². The first kappa shape index (κ1) is 21.0. The van der Waals surface area contributed by atoms with Gasteiger partial charge in [-0.2, -0.15) is 0 Å². The van der Waals surface area contributed by atoms with E-state index in [1.54, 1.807) is 0 Å². The summed E-state index contributed by atoms with van der Waals surface area (Å²) in [6.07, 6.45) is 0. The van der Waals surface area contributed by atoms with E-state index in [2.05, 4.69) is 31.9 Å². The summed E-state index contributed by atoms with van der Waals surface area (Å²) in [6.45, 7) is 0. The monoisotopic (exact) mass is 586 g/mol. The normalized spacial score (nSPS) is 29.0. The minimum Gasteiger partial charge on any atom is -0.274 e. The van der Waals surface area contributed by atoms with Gasteiger partial charge < -0.3 is 0 Å². The number of imide groups is 1. The highest BCUT2D eigenvalue weighted by Gasteiger charge is 2.72. The number of alkyl halides is 2. The topological polar surface area (TPSA) is 80.5 Å². The number of rotatable bonds is 2. The largest absolute Gasteiger partial charge is 0.294 e. The molecule has 0 saturated carbocycles. The van der Waals surface area contributed by atoms with Crippen molar-refractivity contribution >= 4 is 66.6 Å². The summed E-state index contributed by atoms with van der Waals surface area (Å²) in [6, 6.07) is 19.4. The van der Waals surface area contributed by atoms with Crippen LogP contribution in [0, 0.1) is 22.0 Å². The van der Waals surface area contributed by atoms with Crippen LogP contribution in [0.25, 0.3) is 0 Å². The van der Waals surface area contributed by atoms with Gasteiger partial charge in [-0.25, -0.2) is 4.90 Å². The molecular weight excluding hydrogens is 576 g/mol. The molecule has 0 radical (unpaired) electrons. The standard InChI is InChI=1S/C24H13Br2ClN2O4/c25-23-13-5-1-2-6-14(13)24(26,16-8-4-3-7-15(16)23)20-19(23)21(30)28(22(20)31)17-10-9-12(27)11-18(17)29(32)33/h1-11,19-20H/t19-,20-,23?,24?/m1/s1. The molecule has 0 N–H and O–H groups in total. The van der Waals surface area contributed by atoms with Crippen molar-refractivity contribution in [2.45, 2.75) is 8.65 Å². The molecule has 3 aliphatic carbocycles. The molecule has 7 rings (SSSR count). The van der Waals surface area contributed by atoms with Crippen molar-refractivity contribution in [2.24, 2.45) is 11.8 Å². The second-order valence-corrected chi connectivity index (χ2v) is 11.3. The smallest absolute Gasteiger partial charge is 0.274 e. The third-order valence-electron chi connectivity index (χ3n) is 6.96. The van der Waals surface area contributed by atoms with Crippen molar-refractivity contribution < 1.29 is 14.5 Å². The SMILES string of the molecule is O=C1[C@H]2[C@H](C(=O)N1c1ccc(Cl)cc1[N+](=O)[O-])C1(Br)c3ccccc3C2(Br)c2ccccc21. The highest BCUT2D eigenvalue weighted by Crippen LogP contribution is 2.71. The van der Waals surface area contributed by atoms with Crippen molar-refractivity contribution in [3.05, 3.63) is 104 Å². The van der Waals surface area contributed by atoms with Gasteiger partial charge in [-0.15, -0.1) is 0 Å². The summed E-state index contributed by atoms with van der Waals surface area (Å²) in [7, 11) is 0. The number of amides is 2. The lowest BCUT2D eigenvalue weighted by Crippen LogP contribution is -2.56. The number of halogens is 3. The molecule has 0 spiro atoms. The van der Waals surface area contributed by atoms with Crippen LogP contribution in [0.3, 0.4) is 0 Å².